The number of carbonyl (C=O) groups is 1. The van der Waals surface area contributed by atoms with Gasteiger partial charge in [-0.05, 0) is 12.0 Å². The fraction of sp³-hybridized carbons (Fsp3) is 0.500. The Morgan fingerprint density at radius 3 is 2.56 bits per heavy atom. The number of rotatable bonds is 9. The van der Waals surface area contributed by atoms with Gasteiger partial charge in [-0.3, -0.25) is 4.79 Å². The minimum Gasteiger partial charge on any atom is -0.312 e. The van der Waals surface area contributed by atoms with Crippen LogP contribution in [0.4, 0.5) is 8.78 Å². The molecule has 0 amide bonds. The molecule has 0 saturated carbocycles. The number of hydrogen-bond acceptors (Lipinski definition) is 2. The zero-order valence-electron chi connectivity index (χ0n) is 10.4. The van der Waals surface area contributed by atoms with Gasteiger partial charge in [0.15, 0.2) is 0 Å². The van der Waals surface area contributed by atoms with Crippen LogP contribution in [-0.4, -0.2) is 18.8 Å². The van der Waals surface area contributed by atoms with Crippen molar-refractivity contribution in [3.63, 3.8) is 0 Å². The first-order valence-corrected chi connectivity index (χ1v) is 6.23. The van der Waals surface area contributed by atoms with Crippen LogP contribution in [0.5, 0.6) is 0 Å². The fourth-order valence-corrected chi connectivity index (χ4v) is 1.63. The number of halogens is 2. The van der Waals surface area contributed by atoms with Gasteiger partial charge in [0.1, 0.15) is 5.78 Å². The van der Waals surface area contributed by atoms with E-state index in [2.05, 4.69) is 5.32 Å². The number of ketones is 1. The van der Waals surface area contributed by atoms with Gasteiger partial charge in [0.25, 0.3) is 0 Å². The standard InChI is InChI=1S/C14H19F2NO/c15-14(16)8-4-7-13(18)9-10-17-11-12-5-2-1-3-6-12/h1-3,5-6,14,17H,4,7-11H2. The maximum absolute atomic E-state index is 11.9. The molecule has 0 fully saturated rings. The van der Waals surface area contributed by atoms with E-state index in [-0.39, 0.29) is 25.0 Å². The molecule has 0 bridgehead atoms. The molecule has 0 saturated heterocycles. The van der Waals surface area contributed by atoms with E-state index >= 15 is 0 Å². The van der Waals surface area contributed by atoms with E-state index in [4.69, 9.17) is 0 Å². The molecule has 2 nitrogen and oxygen atoms in total. The van der Waals surface area contributed by atoms with E-state index < -0.39 is 6.43 Å². The number of carbonyl (C=O) groups excluding carboxylic acids is 1. The van der Waals surface area contributed by atoms with Crippen molar-refractivity contribution >= 4 is 5.78 Å². The second-order valence-electron chi connectivity index (χ2n) is 4.23. The van der Waals surface area contributed by atoms with Crippen LogP contribution in [0.25, 0.3) is 0 Å². The first-order chi connectivity index (χ1) is 8.68. The highest BCUT2D eigenvalue weighted by atomic mass is 19.3. The van der Waals surface area contributed by atoms with E-state index in [0.717, 1.165) is 6.54 Å². The first kappa shape index (κ1) is 14.8. The van der Waals surface area contributed by atoms with Crippen molar-refractivity contribution in [3.05, 3.63) is 35.9 Å². The molecule has 1 aromatic carbocycles. The lowest BCUT2D eigenvalue weighted by Gasteiger charge is -2.04. The van der Waals surface area contributed by atoms with E-state index in [0.29, 0.717) is 13.0 Å². The van der Waals surface area contributed by atoms with Gasteiger partial charge in [-0.1, -0.05) is 30.3 Å². The summed E-state index contributed by atoms with van der Waals surface area (Å²) in [6.45, 7) is 1.33. The molecule has 1 N–H and O–H groups in total. The monoisotopic (exact) mass is 255 g/mol. The Labute approximate surface area is 106 Å². The van der Waals surface area contributed by atoms with Gasteiger partial charge in [0.05, 0.1) is 0 Å². The zero-order chi connectivity index (χ0) is 13.2. The number of Topliss-reactive ketones (excluding diaryl/α,β-unsaturated/α-hetero) is 1. The van der Waals surface area contributed by atoms with Crippen LogP contribution in [0.1, 0.15) is 31.2 Å². The Morgan fingerprint density at radius 2 is 1.89 bits per heavy atom. The third-order valence-electron chi connectivity index (χ3n) is 2.63. The fourth-order valence-electron chi connectivity index (χ4n) is 1.63. The van der Waals surface area contributed by atoms with E-state index in [9.17, 15) is 13.6 Å². The molecule has 0 spiro atoms. The maximum atomic E-state index is 11.9. The molecule has 0 aliphatic rings. The largest absolute Gasteiger partial charge is 0.312 e. The molecule has 0 radical (unpaired) electrons. The van der Waals surface area contributed by atoms with Crippen LogP contribution >= 0.6 is 0 Å². The summed E-state index contributed by atoms with van der Waals surface area (Å²) in [5.74, 6) is 0.0520. The number of alkyl halides is 2. The van der Waals surface area contributed by atoms with Gasteiger partial charge in [-0.2, -0.15) is 0 Å². The summed E-state index contributed by atoms with van der Waals surface area (Å²) in [5, 5.41) is 3.16. The molecule has 0 atom stereocenters. The third-order valence-corrected chi connectivity index (χ3v) is 2.63. The Hall–Kier alpha value is -1.29. The van der Waals surface area contributed by atoms with Crippen LogP contribution in [0.15, 0.2) is 30.3 Å². The predicted molar refractivity (Wildman–Crippen MR) is 67.6 cm³/mol. The lowest BCUT2D eigenvalue weighted by molar-refractivity contribution is -0.119. The molecule has 0 aromatic heterocycles. The Balaban J connectivity index is 2.02. The van der Waals surface area contributed by atoms with Gasteiger partial charge in [0, 0.05) is 32.4 Å². The van der Waals surface area contributed by atoms with Crippen LogP contribution in [0, 0.1) is 0 Å². The first-order valence-electron chi connectivity index (χ1n) is 6.23. The topological polar surface area (TPSA) is 29.1 Å². The van der Waals surface area contributed by atoms with Gasteiger partial charge in [-0.25, -0.2) is 8.78 Å². The third kappa shape index (κ3) is 7.12. The Kier molecular flexibility index (Phi) is 7.18. The second-order valence-corrected chi connectivity index (χ2v) is 4.23. The molecular weight excluding hydrogens is 236 g/mol. The smallest absolute Gasteiger partial charge is 0.238 e. The van der Waals surface area contributed by atoms with Crippen LogP contribution in [0.3, 0.4) is 0 Å². The molecule has 0 aliphatic heterocycles. The average molecular weight is 255 g/mol. The normalized spacial score (nSPS) is 10.8. The lowest BCUT2D eigenvalue weighted by atomic mass is 10.1. The van der Waals surface area contributed by atoms with Gasteiger partial charge >= 0.3 is 0 Å². The number of nitrogens with one attached hydrogen (secondary N) is 1. The van der Waals surface area contributed by atoms with Crippen molar-refractivity contribution < 1.29 is 13.6 Å². The summed E-state index contributed by atoms with van der Waals surface area (Å²) in [6, 6.07) is 9.91. The predicted octanol–water partition coefficient (Wildman–Crippen LogP) is 3.17. The molecular formula is C14H19F2NO. The second kappa shape index (κ2) is 8.75. The minimum absolute atomic E-state index is 0.0520. The van der Waals surface area contributed by atoms with E-state index in [1.54, 1.807) is 0 Å². The van der Waals surface area contributed by atoms with E-state index in [1.165, 1.54) is 5.56 Å². The van der Waals surface area contributed by atoms with Crippen LogP contribution < -0.4 is 5.32 Å². The van der Waals surface area contributed by atoms with Gasteiger partial charge in [-0.15, -0.1) is 0 Å². The molecule has 18 heavy (non-hydrogen) atoms. The molecule has 4 heteroatoms. The summed E-state index contributed by atoms with van der Waals surface area (Å²) >= 11 is 0. The number of hydrogen-bond donors (Lipinski definition) is 1. The molecule has 0 unspecified atom stereocenters. The minimum atomic E-state index is -2.30. The summed E-state index contributed by atoms with van der Waals surface area (Å²) in [7, 11) is 0. The Morgan fingerprint density at radius 1 is 1.17 bits per heavy atom. The highest BCUT2D eigenvalue weighted by molar-refractivity contribution is 5.78. The summed E-state index contributed by atoms with van der Waals surface area (Å²) in [4.78, 5) is 11.4. The van der Waals surface area contributed by atoms with Crippen molar-refractivity contribution in [2.75, 3.05) is 6.54 Å². The Bertz CT molecular complexity index is 341. The molecule has 100 valence electrons. The SMILES string of the molecule is O=C(CCCC(F)F)CCNCc1ccccc1. The van der Waals surface area contributed by atoms with Gasteiger partial charge < -0.3 is 5.32 Å². The molecule has 0 aliphatic carbocycles. The summed E-state index contributed by atoms with van der Waals surface area (Å²) < 4.78 is 23.7. The van der Waals surface area contributed by atoms with Crippen molar-refractivity contribution in [1.29, 1.82) is 0 Å². The van der Waals surface area contributed by atoms with Crippen molar-refractivity contribution in [1.82, 2.24) is 5.32 Å². The lowest BCUT2D eigenvalue weighted by Crippen LogP contribution is -2.17. The zero-order valence-corrected chi connectivity index (χ0v) is 10.4. The van der Waals surface area contributed by atoms with Crippen LogP contribution in [0.2, 0.25) is 0 Å². The molecule has 1 aromatic rings. The van der Waals surface area contributed by atoms with Gasteiger partial charge in [0.2, 0.25) is 6.43 Å². The van der Waals surface area contributed by atoms with Crippen molar-refractivity contribution in [2.24, 2.45) is 0 Å². The highest BCUT2D eigenvalue weighted by Gasteiger charge is 2.05. The van der Waals surface area contributed by atoms with E-state index in [1.807, 2.05) is 30.3 Å². The van der Waals surface area contributed by atoms with Crippen molar-refractivity contribution in [3.8, 4) is 0 Å². The van der Waals surface area contributed by atoms with Crippen LogP contribution in [-0.2, 0) is 11.3 Å². The number of benzene rings is 1. The van der Waals surface area contributed by atoms with Crippen molar-refractivity contribution in [2.45, 2.75) is 38.7 Å². The molecule has 1 rings (SSSR count). The summed E-state index contributed by atoms with van der Waals surface area (Å²) in [5.41, 5.74) is 1.17. The summed E-state index contributed by atoms with van der Waals surface area (Å²) in [6.07, 6.45) is -1.51. The highest BCUT2D eigenvalue weighted by Crippen LogP contribution is 2.06. The quantitative estimate of drug-likeness (QED) is 0.687. The maximum Gasteiger partial charge on any atom is 0.238 e. The average Bonchev–Trinajstić information content (AvgIpc) is 2.35. The molecule has 0 heterocycles.